The fourth-order valence-electron chi connectivity index (χ4n) is 2.64. The van der Waals surface area contributed by atoms with Gasteiger partial charge in [-0.2, -0.15) is 13.2 Å². The van der Waals surface area contributed by atoms with Crippen molar-refractivity contribution in [2.75, 3.05) is 19.6 Å². The lowest BCUT2D eigenvalue weighted by atomic mass is 10.1. The van der Waals surface area contributed by atoms with Crippen molar-refractivity contribution in [3.8, 4) is 5.75 Å². The summed E-state index contributed by atoms with van der Waals surface area (Å²) in [5.41, 5.74) is 0.198. The highest BCUT2D eigenvalue weighted by Crippen LogP contribution is 2.30. The Hall–Kier alpha value is -3.23. The average molecular weight is 422 g/mol. The third kappa shape index (κ3) is 6.98. The molecule has 2 aromatic carbocycles. The maximum atomic E-state index is 12.9. The molecule has 4 N–H and O–H groups in total. The number of alkyl halides is 3. The zero-order valence-electron chi connectivity index (χ0n) is 16.8. The van der Waals surface area contributed by atoms with Crippen LogP contribution in [0.3, 0.4) is 0 Å². The monoisotopic (exact) mass is 422 g/mol. The minimum absolute atomic E-state index is 0.0763. The van der Waals surface area contributed by atoms with Crippen molar-refractivity contribution in [1.29, 1.82) is 0 Å². The zero-order chi connectivity index (χ0) is 22.1. The van der Waals surface area contributed by atoms with Crippen LogP contribution in [0.1, 0.15) is 41.4 Å². The number of hydrogen-bond acceptors (Lipinski definition) is 3. The molecule has 0 aromatic heterocycles. The number of halogens is 3. The number of carbonyl (C=O) groups is 1. The summed E-state index contributed by atoms with van der Waals surface area (Å²) in [7, 11) is 0. The van der Waals surface area contributed by atoms with Gasteiger partial charge in [0.2, 0.25) is 0 Å². The Labute approximate surface area is 173 Å². The molecule has 0 spiro atoms. The van der Waals surface area contributed by atoms with Gasteiger partial charge in [-0.3, -0.25) is 9.79 Å². The van der Waals surface area contributed by atoms with Crippen LogP contribution in [0.4, 0.5) is 13.2 Å². The lowest BCUT2D eigenvalue weighted by molar-refractivity contribution is -0.137. The number of guanidine groups is 1. The Bertz CT molecular complexity index is 867. The predicted molar refractivity (Wildman–Crippen MR) is 109 cm³/mol. The van der Waals surface area contributed by atoms with Crippen molar-refractivity contribution in [3.05, 3.63) is 65.2 Å². The van der Waals surface area contributed by atoms with Crippen LogP contribution in [0.2, 0.25) is 0 Å². The number of hydrogen-bond donors (Lipinski definition) is 4. The highest BCUT2D eigenvalue weighted by molar-refractivity contribution is 5.94. The molecule has 0 radical (unpaired) electrons. The summed E-state index contributed by atoms with van der Waals surface area (Å²) in [6, 6.07) is 10.6. The maximum Gasteiger partial charge on any atom is 0.416 e. The molecule has 0 aliphatic rings. The lowest BCUT2D eigenvalue weighted by Crippen LogP contribution is -2.39. The van der Waals surface area contributed by atoms with Gasteiger partial charge in [0, 0.05) is 18.7 Å². The molecule has 0 saturated heterocycles. The van der Waals surface area contributed by atoms with Gasteiger partial charge in [-0.05, 0) is 55.8 Å². The molecule has 0 aliphatic carbocycles. The van der Waals surface area contributed by atoms with E-state index in [1.54, 1.807) is 13.0 Å². The van der Waals surface area contributed by atoms with E-state index in [1.807, 2.05) is 6.92 Å². The normalized spacial score (nSPS) is 12.9. The van der Waals surface area contributed by atoms with E-state index in [0.29, 0.717) is 23.6 Å². The van der Waals surface area contributed by atoms with Crippen LogP contribution in [0.5, 0.6) is 5.75 Å². The van der Waals surface area contributed by atoms with E-state index >= 15 is 0 Å². The topological polar surface area (TPSA) is 85.8 Å². The second-order valence-corrected chi connectivity index (χ2v) is 6.55. The van der Waals surface area contributed by atoms with Crippen LogP contribution >= 0.6 is 0 Å². The Kier molecular flexibility index (Phi) is 8.08. The van der Waals surface area contributed by atoms with Crippen LogP contribution in [-0.4, -0.2) is 36.6 Å². The minimum atomic E-state index is -4.40. The molecule has 1 unspecified atom stereocenters. The molecule has 2 rings (SSSR count). The molecule has 9 heteroatoms. The van der Waals surface area contributed by atoms with Gasteiger partial charge in [0.25, 0.3) is 5.91 Å². The predicted octanol–water partition coefficient (Wildman–Crippen LogP) is 3.46. The summed E-state index contributed by atoms with van der Waals surface area (Å²) in [6.07, 6.45) is -4.40. The van der Waals surface area contributed by atoms with Gasteiger partial charge < -0.3 is 21.1 Å². The van der Waals surface area contributed by atoms with Crippen LogP contribution in [0.25, 0.3) is 0 Å². The largest absolute Gasteiger partial charge is 0.508 e. The van der Waals surface area contributed by atoms with Crippen molar-refractivity contribution < 1.29 is 23.1 Å². The van der Waals surface area contributed by atoms with E-state index in [9.17, 15) is 23.1 Å². The zero-order valence-corrected chi connectivity index (χ0v) is 16.8. The number of aromatic hydroxyl groups is 1. The summed E-state index contributed by atoms with van der Waals surface area (Å²) in [5, 5.41) is 18.1. The number of phenols is 1. The summed E-state index contributed by atoms with van der Waals surface area (Å²) >= 11 is 0. The number of benzene rings is 2. The lowest BCUT2D eigenvalue weighted by Gasteiger charge is -2.19. The molecule has 0 bridgehead atoms. The number of rotatable bonds is 7. The number of phenolic OH excluding ortho intramolecular Hbond substituents is 1. The SMILES string of the molecule is CCNC(=NCCNC(=O)c1ccc(O)cc1)NC(C)c1cccc(C(F)(F)F)c1. The van der Waals surface area contributed by atoms with E-state index in [-0.39, 0.29) is 24.7 Å². The van der Waals surface area contributed by atoms with Gasteiger partial charge in [-0.15, -0.1) is 0 Å². The molecule has 0 aliphatic heterocycles. The van der Waals surface area contributed by atoms with Crippen LogP contribution in [0.15, 0.2) is 53.5 Å². The van der Waals surface area contributed by atoms with Gasteiger partial charge in [0.1, 0.15) is 5.75 Å². The molecule has 0 fully saturated rings. The molecular weight excluding hydrogens is 397 g/mol. The van der Waals surface area contributed by atoms with Crippen molar-refractivity contribution in [3.63, 3.8) is 0 Å². The van der Waals surface area contributed by atoms with Crippen LogP contribution in [0, 0.1) is 0 Å². The summed E-state index contributed by atoms with van der Waals surface area (Å²) in [6.45, 7) is 4.73. The molecule has 6 nitrogen and oxygen atoms in total. The highest BCUT2D eigenvalue weighted by Gasteiger charge is 2.30. The third-order valence-electron chi connectivity index (χ3n) is 4.21. The minimum Gasteiger partial charge on any atom is -0.508 e. The quantitative estimate of drug-likeness (QED) is 0.313. The number of carbonyl (C=O) groups excluding carboxylic acids is 1. The summed E-state index contributed by atoms with van der Waals surface area (Å²) in [5.74, 6) is 0.217. The first-order valence-electron chi connectivity index (χ1n) is 9.50. The molecule has 2 aromatic rings. The first-order chi connectivity index (χ1) is 14.2. The second-order valence-electron chi connectivity index (χ2n) is 6.55. The van der Waals surface area contributed by atoms with E-state index in [4.69, 9.17) is 0 Å². The number of aliphatic imine (C=N–C) groups is 1. The Morgan fingerprint density at radius 3 is 2.47 bits per heavy atom. The first kappa shape index (κ1) is 23.1. The first-order valence-corrected chi connectivity index (χ1v) is 9.50. The smallest absolute Gasteiger partial charge is 0.416 e. The second kappa shape index (κ2) is 10.5. The van der Waals surface area contributed by atoms with E-state index in [0.717, 1.165) is 12.1 Å². The number of nitrogens with one attached hydrogen (secondary N) is 3. The number of amides is 1. The maximum absolute atomic E-state index is 12.9. The standard InChI is InChI=1S/C21H25F3N4O2/c1-3-25-20(27-12-11-26-19(30)15-7-9-18(29)10-8-15)28-14(2)16-5-4-6-17(13-16)21(22,23)24/h4-10,13-14,29H,3,11-12H2,1-2H3,(H,26,30)(H2,25,27,28). The molecule has 162 valence electrons. The van der Waals surface area contributed by atoms with Crippen molar-refractivity contribution >= 4 is 11.9 Å². The molecule has 30 heavy (non-hydrogen) atoms. The highest BCUT2D eigenvalue weighted by atomic mass is 19.4. The van der Waals surface area contributed by atoms with Crippen LogP contribution < -0.4 is 16.0 Å². The van der Waals surface area contributed by atoms with Crippen molar-refractivity contribution in [2.45, 2.75) is 26.1 Å². The van der Waals surface area contributed by atoms with Gasteiger partial charge in [-0.25, -0.2) is 0 Å². The van der Waals surface area contributed by atoms with Gasteiger partial charge in [0.05, 0.1) is 18.2 Å². The van der Waals surface area contributed by atoms with Crippen molar-refractivity contribution in [2.24, 2.45) is 4.99 Å². The molecule has 1 amide bonds. The molecule has 0 heterocycles. The van der Waals surface area contributed by atoms with Gasteiger partial charge in [-0.1, -0.05) is 12.1 Å². The molecule has 0 saturated carbocycles. The average Bonchev–Trinajstić information content (AvgIpc) is 2.71. The third-order valence-corrected chi connectivity index (χ3v) is 4.21. The Morgan fingerprint density at radius 1 is 1.13 bits per heavy atom. The van der Waals surface area contributed by atoms with E-state index < -0.39 is 17.8 Å². The Balaban J connectivity index is 1.93. The molecular formula is C21H25F3N4O2. The fraction of sp³-hybridized carbons (Fsp3) is 0.333. The van der Waals surface area contributed by atoms with Gasteiger partial charge >= 0.3 is 6.18 Å². The van der Waals surface area contributed by atoms with E-state index in [1.165, 1.54) is 30.3 Å². The van der Waals surface area contributed by atoms with Crippen LogP contribution in [-0.2, 0) is 6.18 Å². The summed E-state index contributed by atoms with van der Waals surface area (Å²) in [4.78, 5) is 16.4. The number of nitrogens with zero attached hydrogens (tertiary/aromatic N) is 1. The van der Waals surface area contributed by atoms with Crippen molar-refractivity contribution in [1.82, 2.24) is 16.0 Å². The van der Waals surface area contributed by atoms with Gasteiger partial charge in [0.15, 0.2) is 5.96 Å². The van der Waals surface area contributed by atoms with E-state index in [2.05, 4.69) is 20.9 Å². The molecule has 1 atom stereocenters. The summed E-state index contributed by atoms with van der Waals surface area (Å²) < 4.78 is 38.8. The Morgan fingerprint density at radius 2 is 1.83 bits per heavy atom. The fourth-order valence-corrected chi connectivity index (χ4v) is 2.64.